The molecule has 2 saturated carbocycles. The normalized spacial score (nSPS) is 24.0. The molecule has 0 aromatic carbocycles. The summed E-state index contributed by atoms with van der Waals surface area (Å²) >= 11 is 0. The summed E-state index contributed by atoms with van der Waals surface area (Å²) < 4.78 is 4.74. The standard InChI is InChI=1S/C23H35N2Si2/c1-18(20-11-9-13-22(20)26(3,4)5)24-15-16-25(17-24)19(2)21-12-10-14-23(21)27(6,7)8/h9-19H,1-8H3/q+1/t18-,19-/m1/s1. The molecule has 2 fully saturated rings. The SMILES string of the molecule is C[C@H]([C]1[CH][CH][CH][C]1[Si](C)(C)C)n1cc[n+]([C@H](C)[C]2[CH][CH][CH][C]2[Si](C)(C)C)c1. The first-order chi connectivity index (χ1) is 12.5. The van der Waals surface area contributed by atoms with Crippen LogP contribution in [0.4, 0.5) is 0 Å². The predicted octanol–water partition coefficient (Wildman–Crippen LogP) is 5.20. The lowest BCUT2D eigenvalue weighted by atomic mass is 9.99. The van der Waals surface area contributed by atoms with Crippen molar-refractivity contribution in [3.8, 4) is 0 Å². The third-order valence-corrected chi connectivity index (χ3v) is 9.93. The van der Waals surface area contributed by atoms with Crippen molar-refractivity contribution in [3.63, 3.8) is 0 Å². The van der Waals surface area contributed by atoms with Gasteiger partial charge in [-0.3, -0.25) is 0 Å². The van der Waals surface area contributed by atoms with Crippen LogP contribution in [0, 0.1) is 61.4 Å². The van der Waals surface area contributed by atoms with Crippen LogP contribution in [-0.4, -0.2) is 20.7 Å². The Labute approximate surface area is 170 Å². The average molecular weight is 396 g/mol. The molecule has 144 valence electrons. The van der Waals surface area contributed by atoms with Crippen LogP contribution >= 0.6 is 0 Å². The maximum Gasteiger partial charge on any atom is 0.244 e. The van der Waals surface area contributed by atoms with E-state index in [4.69, 9.17) is 0 Å². The lowest BCUT2D eigenvalue weighted by molar-refractivity contribution is -0.713. The van der Waals surface area contributed by atoms with Crippen LogP contribution in [0.2, 0.25) is 39.3 Å². The summed E-state index contributed by atoms with van der Waals surface area (Å²) in [6, 6.07) is 0.734. The highest BCUT2D eigenvalue weighted by Crippen LogP contribution is 2.46. The summed E-state index contributed by atoms with van der Waals surface area (Å²) in [7, 11) is -2.65. The minimum Gasteiger partial charge on any atom is -0.234 e. The van der Waals surface area contributed by atoms with Gasteiger partial charge in [-0.1, -0.05) is 39.3 Å². The highest BCUT2D eigenvalue weighted by atomic mass is 28.3. The largest absolute Gasteiger partial charge is 0.244 e. The molecule has 2 atom stereocenters. The lowest BCUT2D eigenvalue weighted by Gasteiger charge is -2.32. The summed E-state index contributed by atoms with van der Waals surface area (Å²) in [6.45, 7) is 19.3. The van der Waals surface area contributed by atoms with Crippen LogP contribution in [0.1, 0.15) is 25.9 Å². The summed E-state index contributed by atoms with van der Waals surface area (Å²) in [5.74, 6) is 2.97. The van der Waals surface area contributed by atoms with Crippen LogP contribution in [0.5, 0.6) is 0 Å². The zero-order valence-corrected chi connectivity index (χ0v) is 20.2. The van der Waals surface area contributed by atoms with Gasteiger partial charge in [-0.05, 0) is 63.5 Å². The second-order valence-corrected chi connectivity index (χ2v) is 20.0. The Morgan fingerprint density at radius 3 is 1.85 bits per heavy atom. The maximum absolute atomic E-state index is 2.43. The molecular weight excluding hydrogens is 360 g/mol. The molecule has 27 heavy (non-hydrogen) atoms. The van der Waals surface area contributed by atoms with E-state index in [9.17, 15) is 0 Å². The van der Waals surface area contributed by atoms with Gasteiger partial charge in [-0.2, -0.15) is 0 Å². The number of aromatic nitrogens is 2. The van der Waals surface area contributed by atoms with Crippen molar-refractivity contribution in [1.29, 1.82) is 0 Å². The van der Waals surface area contributed by atoms with E-state index in [1.54, 1.807) is 11.1 Å². The van der Waals surface area contributed by atoms with Gasteiger partial charge in [-0.25, -0.2) is 9.13 Å². The third-order valence-electron chi connectivity index (χ3n) is 5.79. The molecule has 0 aliphatic heterocycles. The van der Waals surface area contributed by atoms with Gasteiger partial charge in [-0.15, -0.1) is 0 Å². The molecule has 0 saturated heterocycles. The van der Waals surface area contributed by atoms with Crippen LogP contribution in [0.3, 0.4) is 0 Å². The Balaban J connectivity index is 1.74. The molecule has 2 nitrogen and oxygen atoms in total. The Kier molecular flexibility index (Phi) is 6.18. The van der Waals surface area contributed by atoms with Crippen molar-refractivity contribution >= 4 is 16.1 Å². The molecule has 2 aliphatic rings. The summed E-state index contributed by atoms with van der Waals surface area (Å²) in [5, 5.41) is 0. The second kappa shape index (κ2) is 7.81. The molecule has 0 amide bonds. The number of imidazole rings is 1. The van der Waals surface area contributed by atoms with Crippen molar-refractivity contribution in [1.82, 2.24) is 4.57 Å². The van der Waals surface area contributed by atoms with Crippen LogP contribution in [0.25, 0.3) is 0 Å². The number of hydrogen-bond donors (Lipinski definition) is 0. The predicted molar refractivity (Wildman–Crippen MR) is 120 cm³/mol. The van der Waals surface area contributed by atoms with Crippen LogP contribution in [0.15, 0.2) is 18.7 Å². The maximum atomic E-state index is 2.43. The van der Waals surface area contributed by atoms with Crippen molar-refractivity contribution in [2.45, 2.75) is 65.2 Å². The molecule has 2 aliphatic carbocycles. The van der Waals surface area contributed by atoms with E-state index < -0.39 is 16.1 Å². The Hall–Kier alpha value is -0.356. The Morgan fingerprint density at radius 1 is 0.778 bits per heavy atom. The quantitative estimate of drug-likeness (QED) is 0.462. The van der Waals surface area contributed by atoms with Crippen molar-refractivity contribution < 1.29 is 4.57 Å². The first kappa shape index (κ1) is 21.4. The Bertz CT molecular complexity index is 573. The first-order valence-corrected chi connectivity index (χ1v) is 17.1. The van der Waals surface area contributed by atoms with Crippen molar-refractivity contribution in [2.24, 2.45) is 0 Å². The smallest absolute Gasteiger partial charge is 0.234 e. The van der Waals surface area contributed by atoms with Crippen LogP contribution in [-0.2, 0) is 0 Å². The molecule has 0 spiro atoms. The van der Waals surface area contributed by atoms with Gasteiger partial charge in [0.1, 0.15) is 24.5 Å². The topological polar surface area (TPSA) is 8.81 Å². The van der Waals surface area contributed by atoms with Gasteiger partial charge in [0.15, 0.2) is 0 Å². The summed E-state index contributed by atoms with van der Waals surface area (Å²) in [6.07, 6.45) is 20.5. The van der Waals surface area contributed by atoms with Gasteiger partial charge < -0.3 is 0 Å². The highest BCUT2D eigenvalue weighted by molar-refractivity contribution is 6.83. The van der Waals surface area contributed by atoms with Crippen molar-refractivity contribution in [2.75, 3.05) is 0 Å². The minimum atomic E-state index is -1.32. The van der Waals surface area contributed by atoms with E-state index >= 15 is 0 Å². The Morgan fingerprint density at radius 2 is 1.30 bits per heavy atom. The molecular formula is C23H35N2Si2+. The third kappa shape index (κ3) is 4.47. The van der Waals surface area contributed by atoms with Gasteiger partial charge in [0, 0.05) is 11.8 Å². The fourth-order valence-corrected chi connectivity index (χ4v) is 7.64. The molecule has 1 heterocycles. The average Bonchev–Trinajstić information content (AvgIpc) is 3.31. The number of nitrogens with zero attached hydrogens (tertiary/aromatic N) is 2. The molecule has 3 rings (SSSR count). The van der Waals surface area contributed by atoms with E-state index in [1.807, 2.05) is 0 Å². The summed E-state index contributed by atoms with van der Waals surface area (Å²) in [5.41, 5.74) is 3.17. The first-order valence-electron chi connectivity index (χ1n) is 10.1. The molecule has 1 aromatic heterocycles. The van der Waals surface area contributed by atoms with E-state index in [2.05, 4.69) is 120 Å². The van der Waals surface area contributed by atoms with Gasteiger partial charge >= 0.3 is 0 Å². The molecule has 4 heteroatoms. The second-order valence-electron chi connectivity index (χ2n) is 9.95. The van der Waals surface area contributed by atoms with Crippen LogP contribution < -0.4 is 4.57 Å². The van der Waals surface area contributed by atoms with Gasteiger partial charge in [0.25, 0.3) is 0 Å². The summed E-state index contributed by atoms with van der Waals surface area (Å²) in [4.78, 5) is 0. The minimum absolute atomic E-state index is 0.367. The van der Waals surface area contributed by atoms with E-state index in [0.29, 0.717) is 12.1 Å². The fourth-order valence-electron chi connectivity index (χ4n) is 4.13. The zero-order chi connectivity index (χ0) is 20.0. The molecule has 1 aromatic rings. The number of rotatable bonds is 6. The van der Waals surface area contributed by atoms with Gasteiger partial charge in [0.05, 0.1) is 16.1 Å². The highest BCUT2D eigenvalue weighted by Gasteiger charge is 2.45. The molecule has 10 radical (unpaired) electrons. The van der Waals surface area contributed by atoms with Crippen molar-refractivity contribution in [3.05, 3.63) is 80.2 Å². The zero-order valence-electron chi connectivity index (χ0n) is 18.2. The molecule has 0 unspecified atom stereocenters. The lowest BCUT2D eigenvalue weighted by Crippen LogP contribution is -2.44. The fraction of sp³-hybridized carbons (Fsp3) is 0.435. The molecule has 0 bridgehead atoms. The van der Waals surface area contributed by atoms with Gasteiger partial charge in [0.2, 0.25) is 6.33 Å². The van der Waals surface area contributed by atoms with E-state index in [0.717, 1.165) is 0 Å². The monoisotopic (exact) mass is 395 g/mol. The molecule has 0 N–H and O–H groups in total. The van der Waals surface area contributed by atoms with E-state index in [-0.39, 0.29) is 0 Å². The van der Waals surface area contributed by atoms with E-state index in [1.165, 1.54) is 11.8 Å². The number of hydrogen-bond acceptors (Lipinski definition) is 0.